The van der Waals surface area contributed by atoms with Crippen molar-refractivity contribution in [3.8, 4) is 0 Å². The van der Waals surface area contributed by atoms with E-state index in [-0.39, 0.29) is 10.3 Å². The maximum atomic E-state index is 11.8. The molecule has 2 atom stereocenters. The molecule has 2 unspecified atom stereocenters. The highest BCUT2D eigenvalue weighted by Crippen LogP contribution is 2.46. The molecule has 0 amide bonds. The predicted molar refractivity (Wildman–Crippen MR) is 83.8 cm³/mol. The molecule has 0 N–H and O–H groups in total. The molecular formula is C17H21NO4. The Kier molecular flexibility index (Phi) is 3.85. The highest BCUT2D eigenvalue weighted by Gasteiger charge is 2.42. The van der Waals surface area contributed by atoms with Crippen LogP contribution in [-0.2, 0) is 9.53 Å². The lowest BCUT2D eigenvalue weighted by Crippen LogP contribution is -2.30. The first-order valence-corrected chi connectivity index (χ1v) is 7.21. The van der Waals surface area contributed by atoms with Crippen LogP contribution in [0.2, 0.25) is 0 Å². The second kappa shape index (κ2) is 5.23. The number of carbonyl (C=O) groups is 1. The van der Waals surface area contributed by atoms with Gasteiger partial charge in [-0.3, -0.25) is 10.1 Å². The van der Waals surface area contributed by atoms with Gasteiger partial charge < -0.3 is 4.74 Å². The summed E-state index contributed by atoms with van der Waals surface area (Å²) in [6, 6.07) is 0. The Hall–Kier alpha value is -2.17. The van der Waals surface area contributed by atoms with E-state index >= 15 is 0 Å². The van der Waals surface area contributed by atoms with Crippen molar-refractivity contribution >= 4 is 5.97 Å². The first-order valence-electron chi connectivity index (χ1n) is 7.21. The van der Waals surface area contributed by atoms with Gasteiger partial charge in [0.05, 0.1) is 0 Å². The van der Waals surface area contributed by atoms with Crippen molar-refractivity contribution in [3.63, 3.8) is 0 Å². The van der Waals surface area contributed by atoms with Crippen molar-refractivity contribution in [2.75, 3.05) is 0 Å². The van der Waals surface area contributed by atoms with Gasteiger partial charge in [-0.25, -0.2) is 4.79 Å². The van der Waals surface area contributed by atoms with E-state index in [1.165, 1.54) is 0 Å². The Morgan fingerprint density at radius 1 is 1.36 bits per heavy atom. The van der Waals surface area contributed by atoms with Crippen LogP contribution in [0, 0.1) is 15.5 Å². The van der Waals surface area contributed by atoms with Gasteiger partial charge in [0.15, 0.2) is 0 Å². The minimum absolute atomic E-state index is 0.210. The molecule has 2 aliphatic rings. The minimum Gasteiger partial charge on any atom is -0.454 e. The molecule has 0 spiro atoms. The lowest BCUT2D eigenvalue weighted by Gasteiger charge is -2.22. The number of nitro groups is 1. The highest BCUT2D eigenvalue weighted by atomic mass is 16.6. The maximum Gasteiger partial charge on any atom is 0.333 e. The van der Waals surface area contributed by atoms with Crippen molar-refractivity contribution in [2.24, 2.45) is 5.41 Å². The van der Waals surface area contributed by atoms with Crippen LogP contribution in [0.3, 0.4) is 0 Å². The van der Waals surface area contributed by atoms with E-state index in [0.29, 0.717) is 12.0 Å². The fourth-order valence-electron chi connectivity index (χ4n) is 2.79. The molecule has 118 valence electrons. The molecule has 2 aliphatic carbocycles. The fraction of sp³-hybridized carbons (Fsp3) is 0.471. The van der Waals surface area contributed by atoms with E-state index in [1.807, 2.05) is 13.8 Å². The average Bonchev–Trinajstić information content (AvgIpc) is 2.54. The maximum absolute atomic E-state index is 11.8. The zero-order valence-electron chi connectivity index (χ0n) is 13.4. The normalized spacial score (nSPS) is 29.0. The van der Waals surface area contributed by atoms with Gasteiger partial charge in [0.25, 0.3) is 5.54 Å². The number of hydrogen-bond acceptors (Lipinski definition) is 4. The van der Waals surface area contributed by atoms with Gasteiger partial charge in [-0.2, -0.15) is 0 Å². The molecule has 0 aromatic rings. The first kappa shape index (κ1) is 16.2. The van der Waals surface area contributed by atoms with Gasteiger partial charge in [-0.1, -0.05) is 32.6 Å². The second-order valence-electron chi connectivity index (χ2n) is 6.78. The topological polar surface area (TPSA) is 69.4 Å². The van der Waals surface area contributed by atoms with E-state index < -0.39 is 17.6 Å². The molecule has 0 aromatic heterocycles. The first-order chi connectivity index (χ1) is 10.1. The smallest absolute Gasteiger partial charge is 0.333 e. The zero-order valence-corrected chi connectivity index (χ0v) is 13.4. The summed E-state index contributed by atoms with van der Waals surface area (Å²) in [4.78, 5) is 22.7. The van der Waals surface area contributed by atoms with Crippen LogP contribution in [0.15, 0.2) is 47.6 Å². The third-order valence-electron chi connectivity index (χ3n) is 4.26. The van der Waals surface area contributed by atoms with Gasteiger partial charge in [-0.05, 0) is 42.1 Å². The molecule has 5 nitrogen and oxygen atoms in total. The van der Waals surface area contributed by atoms with E-state index in [9.17, 15) is 14.9 Å². The zero-order chi connectivity index (χ0) is 16.7. The van der Waals surface area contributed by atoms with Crippen LogP contribution in [0.1, 0.15) is 34.1 Å². The van der Waals surface area contributed by atoms with Crippen LogP contribution in [0.4, 0.5) is 0 Å². The standard InChI is InChI=1S/C17H21NO4/c1-11(2)15(19)22-14-10-16(3,4)13-7-9-17(5,18(20)21)8-6-12(13)14/h6-9,14H,1,10H2,2-5H3. The Balaban J connectivity index is 2.39. The van der Waals surface area contributed by atoms with Gasteiger partial charge >= 0.3 is 5.97 Å². The van der Waals surface area contributed by atoms with Crippen LogP contribution in [0.25, 0.3) is 0 Å². The molecule has 0 radical (unpaired) electrons. The molecule has 0 fully saturated rings. The third kappa shape index (κ3) is 2.75. The minimum atomic E-state index is -1.25. The van der Waals surface area contributed by atoms with Crippen LogP contribution in [-0.4, -0.2) is 22.5 Å². The van der Waals surface area contributed by atoms with Crippen molar-refractivity contribution in [3.05, 3.63) is 57.7 Å². The van der Waals surface area contributed by atoms with Gasteiger partial charge in [0.2, 0.25) is 0 Å². The molecule has 0 heterocycles. The Bertz CT molecular complexity index is 639. The fourth-order valence-corrected chi connectivity index (χ4v) is 2.79. The summed E-state index contributed by atoms with van der Waals surface area (Å²) in [7, 11) is 0. The Morgan fingerprint density at radius 2 is 1.95 bits per heavy atom. The second-order valence-corrected chi connectivity index (χ2v) is 6.78. The van der Waals surface area contributed by atoms with Gasteiger partial charge in [-0.15, -0.1) is 0 Å². The number of carbonyl (C=O) groups excluding carboxylic acids is 1. The van der Waals surface area contributed by atoms with E-state index in [4.69, 9.17) is 4.74 Å². The average molecular weight is 303 g/mol. The molecule has 0 saturated heterocycles. The van der Waals surface area contributed by atoms with Crippen molar-refractivity contribution < 1.29 is 14.5 Å². The molecule has 0 bridgehead atoms. The summed E-state index contributed by atoms with van der Waals surface area (Å²) in [5.74, 6) is -0.437. The molecule has 0 saturated carbocycles. The van der Waals surface area contributed by atoms with Crippen molar-refractivity contribution in [1.29, 1.82) is 0 Å². The van der Waals surface area contributed by atoms with Gasteiger partial charge in [0.1, 0.15) is 6.10 Å². The van der Waals surface area contributed by atoms with E-state index in [1.54, 1.807) is 38.2 Å². The molecule has 0 aromatic carbocycles. The lowest BCUT2D eigenvalue weighted by atomic mass is 9.84. The SMILES string of the molecule is C=C(C)C(=O)OC1CC(C)(C)C2=C1C=CC(C)([N+](=O)[O-])C=C2. The Morgan fingerprint density at radius 3 is 2.50 bits per heavy atom. The highest BCUT2D eigenvalue weighted by molar-refractivity contribution is 5.87. The van der Waals surface area contributed by atoms with E-state index in [2.05, 4.69) is 6.58 Å². The lowest BCUT2D eigenvalue weighted by molar-refractivity contribution is -0.535. The van der Waals surface area contributed by atoms with Crippen LogP contribution >= 0.6 is 0 Å². The van der Waals surface area contributed by atoms with E-state index in [0.717, 1.165) is 11.1 Å². The third-order valence-corrected chi connectivity index (χ3v) is 4.26. The number of allylic oxidation sites excluding steroid dienone is 2. The molecule has 2 rings (SSSR count). The summed E-state index contributed by atoms with van der Waals surface area (Å²) < 4.78 is 5.51. The van der Waals surface area contributed by atoms with Crippen LogP contribution in [0.5, 0.6) is 0 Å². The van der Waals surface area contributed by atoms with Crippen LogP contribution < -0.4 is 0 Å². The number of ether oxygens (including phenoxy) is 1. The van der Waals surface area contributed by atoms with Gasteiger partial charge in [0, 0.05) is 17.4 Å². The Labute approximate surface area is 130 Å². The summed E-state index contributed by atoms with van der Waals surface area (Å²) in [6.07, 6.45) is 6.92. The summed E-state index contributed by atoms with van der Waals surface area (Å²) in [5, 5.41) is 11.2. The number of esters is 1. The monoisotopic (exact) mass is 303 g/mol. The molecule has 0 aliphatic heterocycles. The number of nitrogens with zero attached hydrogens (tertiary/aromatic N) is 1. The predicted octanol–water partition coefficient (Wildman–Crippen LogP) is 3.36. The van der Waals surface area contributed by atoms with Crippen molar-refractivity contribution in [2.45, 2.75) is 45.8 Å². The summed E-state index contributed by atoms with van der Waals surface area (Å²) in [6.45, 7) is 10.8. The number of rotatable bonds is 3. The quantitative estimate of drug-likeness (QED) is 0.347. The summed E-state index contributed by atoms with van der Waals surface area (Å²) in [5.41, 5.74) is 0.701. The molecule has 5 heteroatoms. The molecule has 22 heavy (non-hydrogen) atoms. The summed E-state index contributed by atoms with van der Waals surface area (Å²) >= 11 is 0. The largest absolute Gasteiger partial charge is 0.454 e. The van der Waals surface area contributed by atoms with Crippen molar-refractivity contribution in [1.82, 2.24) is 0 Å². The number of hydrogen-bond donors (Lipinski definition) is 0. The molecular weight excluding hydrogens is 282 g/mol.